The number of ether oxygens (including phenoxy) is 1. The van der Waals surface area contributed by atoms with Gasteiger partial charge >= 0.3 is 5.97 Å². The Bertz CT molecular complexity index is 637. The lowest BCUT2D eigenvalue weighted by Crippen LogP contribution is -2.50. The van der Waals surface area contributed by atoms with Gasteiger partial charge < -0.3 is 15.0 Å². The lowest BCUT2D eigenvalue weighted by molar-refractivity contribution is 0.0601. The molecule has 5 nitrogen and oxygen atoms in total. The van der Waals surface area contributed by atoms with Crippen LogP contribution < -0.4 is 5.32 Å². The second-order valence-electron chi connectivity index (χ2n) is 6.67. The van der Waals surface area contributed by atoms with E-state index in [4.69, 9.17) is 17.0 Å². The first kappa shape index (κ1) is 18.6. The molecule has 1 aliphatic heterocycles. The van der Waals surface area contributed by atoms with Crippen molar-refractivity contribution in [3.63, 3.8) is 0 Å². The topological polar surface area (TPSA) is 44.8 Å². The van der Waals surface area contributed by atoms with Crippen molar-refractivity contribution in [3.05, 3.63) is 16.0 Å². The van der Waals surface area contributed by atoms with Crippen LogP contribution in [0.1, 0.15) is 47.0 Å². The maximum atomic E-state index is 12.3. The first-order valence-electron chi connectivity index (χ1n) is 9.15. The van der Waals surface area contributed by atoms with E-state index in [1.165, 1.54) is 30.4 Å². The predicted octanol–water partition coefficient (Wildman–Crippen LogP) is 3.14. The average molecular weight is 382 g/mol. The number of thiocarbonyl (C=S) groups is 1. The van der Waals surface area contributed by atoms with Crippen molar-refractivity contribution in [1.29, 1.82) is 0 Å². The van der Waals surface area contributed by atoms with Gasteiger partial charge in [-0.2, -0.15) is 0 Å². The summed E-state index contributed by atoms with van der Waals surface area (Å²) in [5, 5.41) is 4.94. The van der Waals surface area contributed by atoms with E-state index >= 15 is 0 Å². The third-order valence-corrected chi connectivity index (χ3v) is 6.55. The summed E-state index contributed by atoms with van der Waals surface area (Å²) < 4.78 is 5.03. The molecule has 0 bridgehead atoms. The Kier molecular flexibility index (Phi) is 6.30. The monoisotopic (exact) mass is 381 g/mol. The van der Waals surface area contributed by atoms with Gasteiger partial charge in [0.2, 0.25) is 0 Å². The highest BCUT2D eigenvalue weighted by atomic mass is 32.1. The van der Waals surface area contributed by atoms with E-state index in [-0.39, 0.29) is 5.97 Å². The molecule has 0 aromatic carbocycles. The minimum atomic E-state index is -0.252. The van der Waals surface area contributed by atoms with E-state index < -0.39 is 0 Å². The van der Waals surface area contributed by atoms with E-state index in [0.717, 1.165) is 62.1 Å². The molecule has 1 aromatic heterocycles. The Balaban J connectivity index is 1.71. The van der Waals surface area contributed by atoms with Crippen LogP contribution in [-0.4, -0.2) is 60.7 Å². The van der Waals surface area contributed by atoms with Crippen LogP contribution in [0.4, 0.5) is 5.00 Å². The number of nitrogens with zero attached hydrogens (tertiary/aromatic N) is 2. The maximum absolute atomic E-state index is 12.3. The second-order valence-corrected chi connectivity index (χ2v) is 8.16. The molecule has 3 rings (SSSR count). The Morgan fingerprint density at radius 2 is 1.96 bits per heavy atom. The zero-order chi connectivity index (χ0) is 17.8. The third-order valence-electron chi connectivity index (χ3n) is 4.98. The Morgan fingerprint density at radius 3 is 2.64 bits per heavy atom. The van der Waals surface area contributed by atoms with E-state index in [1.807, 2.05) is 0 Å². The molecule has 0 atom stereocenters. The highest BCUT2D eigenvalue weighted by Gasteiger charge is 2.27. The van der Waals surface area contributed by atoms with Crippen LogP contribution in [0.15, 0.2) is 0 Å². The summed E-state index contributed by atoms with van der Waals surface area (Å²) in [6, 6.07) is 0. The molecular formula is C18H27N3O2S2. The fourth-order valence-electron chi connectivity index (χ4n) is 3.64. The number of fused-ring (bicyclic) bond motifs is 1. The minimum Gasteiger partial charge on any atom is -0.465 e. The number of hydrogen-bond donors (Lipinski definition) is 1. The number of thiophene rings is 1. The van der Waals surface area contributed by atoms with Crippen molar-refractivity contribution in [2.24, 2.45) is 0 Å². The summed E-state index contributed by atoms with van der Waals surface area (Å²) in [6.07, 6.45) is 5.52. The van der Waals surface area contributed by atoms with Gasteiger partial charge in [-0.05, 0) is 56.4 Å². The number of aryl methyl sites for hydroxylation is 1. The molecule has 0 amide bonds. The van der Waals surface area contributed by atoms with Gasteiger partial charge in [0, 0.05) is 31.1 Å². The largest absolute Gasteiger partial charge is 0.465 e. The van der Waals surface area contributed by atoms with Crippen LogP contribution in [0.2, 0.25) is 0 Å². The molecule has 2 aliphatic rings. The molecule has 2 heterocycles. The minimum absolute atomic E-state index is 0.252. The molecule has 25 heavy (non-hydrogen) atoms. The molecule has 1 aromatic rings. The fraction of sp³-hybridized carbons (Fsp3) is 0.667. The molecule has 0 spiro atoms. The third kappa shape index (κ3) is 4.15. The zero-order valence-corrected chi connectivity index (χ0v) is 16.7. The standard InChI is InChI=1S/C18H27N3O2S2/c1-3-8-20-9-11-21(12-10-20)18(24)19-16-15(17(22)23-2)13-6-4-5-7-14(13)25-16/h3-12H2,1-2H3,(H,19,24). The zero-order valence-electron chi connectivity index (χ0n) is 15.1. The molecular weight excluding hydrogens is 354 g/mol. The molecule has 138 valence electrons. The summed E-state index contributed by atoms with van der Waals surface area (Å²) in [4.78, 5) is 18.3. The smallest absolute Gasteiger partial charge is 0.341 e. The molecule has 1 N–H and O–H groups in total. The highest BCUT2D eigenvalue weighted by molar-refractivity contribution is 7.80. The highest BCUT2D eigenvalue weighted by Crippen LogP contribution is 2.38. The van der Waals surface area contributed by atoms with E-state index in [9.17, 15) is 4.79 Å². The fourth-order valence-corrected chi connectivity index (χ4v) is 5.26. The van der Waals surface area contributed by atoms with Gasteiger partial charge in [-0.15, -0.1) is 11.3 Å². The van der Waals surface area contributed by atoms with Crippen molar-refractivity contribution >= 4 is 39.6 Å². The number of esters is 1. The second kappa shape index (κ2) is 8.47. The van der Waals surface area contributed by atoms with E-state index in [1.54, 1.807) is 11.3 Å². The number of anilines is 1. The Morgan fingerprint density at radius 1 is 1.24 bits per heavy atom. The molecule has 1 fully saturated rings. The Hall–Kier alpha value is -1.18. The summed E-state index contributed by atoms with van der Waals surface area (Å²) in [5.41, 5.74) is 1.87. The van der Waals surface area contributed by atoms with E-state index in [2.05, 4.69) is 22.0 Å². The van der Waals surface area contributed by atoms with Gasteiger partial charge in [-0.25, -0.2) is 4.79 Å². The van der Waals surface area contributed by atoms with Crippen LogP contribution in [0.25, 0.3) is 0 Å². The SMILES string of the molecule is CCCN1CCN(C(=S)Nc2sc3c(c2C(=O)OC)CCCC3)CC1. The first-order valence-corrected chi connectivity index (χ1v) is 10.4. The number of nitrogens with one attached hydrogen (secondary N) is 1. The number of rotatable bonds is 4. The van der Waals surface area contributed by atoms with E-state index in [0.29, 0.717) is 5.56 Å². The average Bonchev–Trinajstić information content (AvgIpc) is 2.99. The normalized spacial score (nSPS) is 17.9. The van der Waals surface area contributed by atoms with Crippen LogP contribution in [0.3, 0.4) is 0 Å². The van der Waals surface area contributed by atoms with Crippen molar-refractivity contribution in [2.75, 3.05) is 45.2 Å². The van der Waals surface area contributed by atoms with Crippen molar-refractivity contribution in [1.82, 2.24) is 9.80 Å². The molecule has 7 heteroatoms. The van der Waals surface area contributed by atoms with Gasteiger partial charge in [0.1, 0.15) is 5.00 Å². The quantitative estimate of drug-likeness (QED) is 0.639. The van der Waals surface area contributed by atoms with Crippen molar-refractivity contribution in [3.8, 4) is 0 Å². The number of hydrogen-bond acceptors (Lipinski definition) is 5. The molecule has 0 unspecified atom stereocenters. The number of piperazine rings is 1. The van der Waals surface area contributed by atoms with Gasteiger partial charge in [0.05, 0.1) is 12.7 Å². The number of methoxy groups -OCH3 is 1. The molecule has 1 saturated heterocycles. The van der Waals surface area contributed by atoms with Crippen molar-refractivity contribution < 1.29 is 9.53 Å². The van der Waals surface area contributed by atoms with Gasteiger partial charge in [0.25, 0.3) is 0 Å². The van der Waals surface area contributed by atoms with Crippen LogP contribution in [-0.2, 0) is 17.6 Å². The summed E-state index contributed by atoms with van der Waals surface area (Å²) in [5.74, 6) is -0.252. The first-order chi connectivity index (χ1) is 12.1. The van der Waals surface area contributed by atoms with Gasteiger partial charge in [0.15, 0.2) is 5.11 Å². The van der Waals surface area contributed by atoms with Crippen LogP contribution in [0, 0.1) is 0 Å². The van der Waals surface area contributed by atoms with Crippen molar-refractivity contribution in [2.45, 2.75) is 39.0 Å². The molecule has 1 aliphatic carbocycles. The lowest BCUT2D eigenvalue weighted by Gasteiger charge is -2.36. The van der Waals surface area contributed by atoms with Crippen LogP contribution in [0.5, 0.6) is 0 Å². The predicted molar refractivity (Wildman–Crippen MR) is 107 cm³/mol. The van der Waals surface area contributed by atoms with Gasteiger partial charge in [-0.3, -0.25) is 4.90 Å². The maximum Gasteiger partial charge on any atom is 0.341 e. The van der Waals surface area contributed by atoms with Crippen LogP contribution >= 0.6 is 23.6 Å². The summed E-state index contributed by atoms with van der Waals surface area (Å²) in [7, 11) is 1.45. The van der Waals surface area contributed by atoms with Gasteiger partial charge in [-0.1, -0.05) is 6.92 Å². The summed E-state index contributed by atoms with van der Waals surface area (Å²) >= 11 is 7.30. The lowest BCUT2D eigenvalue weighted by atomic mass is 9.95. The Labute approximate surface area is 159 Å². The summed E-state index contributed by atoms with van der Waals surface area (Å²) in [6.45, 7) is 7.32. The molecule has 0 saturated carbocycles. The molecule has 0 radical (unpaired) electrons. The number of carbonyl (C=O) groups excluding carboxylic acids is 1. The number of carbonyl (C=O) groups is 1.